The van der Waals surface area contributed by atoms with Crippen molar-refractivity contribution in [2.45, 2.75) is 12.7 Å². The van der Waals surface area contributed by atoms with E-state index >= 15 is 0 Å². The van der Waals surface area contributed by atoms with Crippen LogP contribution in [0.4, 0.5) is 23.2 Å². The lowest BCUT2D eigenvalue weighted by Gasteiger charge is -2.11. The van der Waals surface area contributed by atoms with Crippen LogP contribution in [0.3, 0.4) is 0 Å². The summed E-state index contributed by atoms with van der Waals surface area (Å²) < 4.78 is 52.3. The molecule has 3 rings (SSSR count). The SMILES string of the molecule is Fc1ccc(-c2ccc(NCc3cnc(Cl)s3)cc2)cc1C(F)(F)F. The topological polar surface area (TPSA) is 24.9 Å². The van der Waals surface area contributed by atoms with Crippen LogP contribution in [0.5, 0.6) is 0 Å². The van der Waals surface area contributed by atoms with E-state index in [1.54, 1.807) is 30.5 Å². The number of thiazole rings is 1. The molecule has 0 unspecified atom stereocenters. The molecule has 2 nitrogen and oxygen atoms in total. The van der Waals surface area contributed by atoms with Gasteiger partial charge in [0, 0.05) is 16.8 Å². The van der Waals surface area contributed by atoms with Crippen molar-refractivity contribution in [1.29, 1.82) is 0 Å². The highest BCUT2D eigenvalue weighted by Crippen LogP contribution is 2.34. The van der Waals surface area contributed by atoms with E-state index in [4.69, 9.17) is 11.6 Å². The van der Waals surface area contributed by atoms with Gasteiger partial charge in [0.05, 0.1) is 12.1 Å². The number of nitrogens with one attached hydrogen (secondary N) is 1. The van der Waals surface area contributed by atoms with Crippen molar-refractivity contribution in [3.8, 4) is 11.1 Å². The van der Waals surface area contributed by atoms with Gasteiger partial charge in [0.25, 0.3) is 0 Å². The van der Waals surface area contributed by atoms with Crippen molar-refractivity contribution in [2.24, 2.45) is 0 Å². The molecular weight excluding hydrogens is 376 g/mol. The van der Waals surface area contributed by atoms with Gasteiger partial charge in [-0.25, -0.2) is 9.37 Å². The molecule has 0 amide bonds. The molecule has 0 radical (unpaired) electrons. The Morgan fingerprint density at radius 1 is 1.04 bits per heavy atom. The van der Waals surface area contributed by atoms with Gasteiger partial charge in [0.15, 0.2) is 4.47 Å². The van der Waals surface area contributed by atoms with Crippen molar-refractivity contribution in [1.82, 2.24) is 4.98 Å². The van der Waals surface area contributed by atoms with E-state index in [0.29, 0.717) is 22.1 Å². The second-order valence-electron chi connectivity index (χ2n) is 5.20. The standard InChI is InChI=1S/C17H11ClF4N2S/c18-16-24-9-13(25-16)8-23-12-4-1-10(2-5-12)11-3-6-15(19)14(7-11)17(20,21)22/h1-7,9,23H,8H2. The number of anilines is 1. The van der Waals surface area contributed by atoms with E-state index in [1.165, 1.54) is 17.4 Å². The number of benzene rings is 2. The minimum atomic E-state index is -4.72. The second-order valence-corrected chi connectivity index (χ2v) is 6.90. The zero-order valence-electron chi connectivity index (χ0n) is 12.6. The maximum absolute atomic E-state index is 13.4. The lowest BCUT2D eigenvalue weighted by molar-refractivity contribution is -0.139. The van der Waals surface area contributed by atoms with Crippen LogP contribution < -0.4 is 5.32 Å². The number of alkyl halides is 3. The summed E-state index contributed by atoms with van der Waals surface area (Å²) in [6.45, 7) is 0.540. The Morgan fingerprint density at radius 3 is 2.32 bits per heavy atom. The van der Waals surface area contributed by atoms with E-state index < -0.39 is 17.6 Å². The fourth-order valence-electron chi connectivity index (χ4n) is 2.26. The van der Waals surface area contributed by atoms with E-state index in [9.17, 15) is 17.6 Å². The van der Waals surface area contributed by atoms with Gasteiger partial charge in [-0.3, -0.25) is 0 Å². The van der Waals surface area contributed by atoms with Crippen LogP contribution in [0.1, 0.15) is 10.4 Å². The van der Waals surface area contributed by atoms with Gasteiger partial charge in [0.1, 0.15) is 5.82 Å². The first kappa shape index (κ1) is 17.7. The Labute approximate surface area is 150 Å². The van der Waals surface area contributed by atoms with Crippen molar-refractivity contribution < 1.29 is 17.6 Å². The molecule has 0 aliphatic rings. The van der Waals surface area contributed by atoms with Crippen molar-refractivity contribution in [3.05, 3.63) is 69.4 Å². The van der Waals surface area contributed by atoms with Gasteiger partial charge < -0.3 is 5.32 Å². The fourth-order valence-corrected chi connectivity index (χ4v) is 3.17. The zero-order valence-corrected chi connectivity index (χ0v) is 14.1. The van der Waals surface area contributed by atoms with Gasteiger partial charge in [-0.15, -0.1) is 11.3 Å². The molecule has 1 aromatic heterocycles. The average molecular weight is 387 g/mol. The maximum atomic E-state index is 13.4. The molecule has 0 bridgehead atoms. The smallest absolute Gasteiger partial charge is 0.380 e. The molecule has 3 aromatic rings. The largest absolute Gasteiger partial charge is 0.419 e. The van der Waals surface area contributed by atoms with Crippen molar-refractivity contribution in [2.75, 3.05) is 5.32 Å². The lowest BCUT2D eigenvalue weighted by Crippen LogP contribution is -2.08. The first-order valence-corrected chi connectivity index (χ1v) is 8.33. The molecule has 25 heavy (non-hydrogen) atoms. The average Bonchev–Trinajstić information content (AvgIpc) is 2.98. The molecule has 130 valence electrons. The molecule has 1 N–H and O–H groups in total. The van der Waals surface area contributed by atoms with Crippen molar-refractivity contribution >= 4 is 28.6 Å². The molecule has 0 spiro atoms. The molecule has 2 aromatic carbocycles. The fraction of sp³-hybridized carbons (Fsp3) is 0.118. The summed E-state index contributed by atoms with van der Waals surface area (Å²) in [4.78, 5) is 4.90. The van der Waals surface area contributed by atoms with E-state index in [0.717, 1.165) is 22.7 Å². The molecule has 0 aliphatic heterocycles. The number of nitrogens with zero attached hydrogens (tertiary/aromatic N) is 1. The summed E-state index contributed by atoms with van der Waals surface area (Å²) in [7, 11) is 0. The van der Waals surface area contributed by atoms with Crippen LogP contribution in [0.25, 0.3) is 11.1 Å². The number of hydrogen-bond donors (Lipinski definition) is 1. The van der Waals surface area contributed by atoms with Gasteiger partial charge >= 0.3 is 6.18 Å². The quantitative estimate of drug-likeness (QED) is 0.537. The number of rotatable bonds is 4. The molecule has 1 heterocycles. The summed E-state index contributed by atoms with van der Waals surface area (Å²) in [6, 6.07) is 9.81. The number of hydrogen-bond acceptors (Lipinski definition) is 3. The van der Waals surface area contributed by atoms with E-state index in [-0.39, 0.29) is 0 Å². The third kappa shape index (κ3) is 4.29. The Morgan fingerprint density at radius 2 is 1.72 bits per heavy atom. The van der Waals surface area contributed by atoms with Crippen LogP contribution in [0.15, 0.2) is 48.7 Å². The lowest BCUT2D eigenvalue weighted by atomic mass is 10.0. The van der Waals surface area contributed by atoms with Gasteiger partial charge in [-0.2, -0.15) is 13.2 Å². The minimum absolute atomic E-state index is 0.300. The summed E-state index contributed by atoms with van der Waals surface area (Å²) >= 11 is 7.12. The first-order chi connectivity index (χ1) is 11.8. The monoisotopic (exact) mass is 386 g/mol. The van der Waals surface area contributed by atoms with Crippen LogP contribution in [-0.4, -0.2) is 4.98 Å². The first-order valence-electron chi connectivity index (χ1n) is 7.14. The summed E-state index contributed by atoms with van der Waals surface area (Å²) in [5.41, 5.74) is 0.395. The second kappa shape index (κ2) is 7.01. The summed E-state index contributed by atoms with van der Waals surface area (Å²) in [5.74, 6) is -1.28. The highest BCUT2D eigenvalue weighted by atomic mass is 35.5. The third-order valence-corrected chi connectivity index (χ3v) is 4.60. The van der Waals surface area contributed by atoms with Crippen LogP contribution >= 0.6 is 22.9 Å². The molecule has 8 heteroatoms. The Hall–Kier alpha value is -2.12. The maximum Gasteiger partial charge on any atom is 0.419 e. The van der Waals surface area contributed by atoms with Gasteiger partial charge in [-0.05, 0) is 35.4 Å². The Kier molecular flexibility index (Phi) is 4.96. The summed E-state index contributed by atoms with van der Waals surface area (Å²) in [5, 5.41) is 3.17. The van der Waals surface area contributed by atoms with E-state index in [1.807, 2.05) is 0 Å². The molecule has 0 saturated carbocycles. The molecule has 0 fully saturated rings. The predicted molar refractivity (Wildman–Crippen MR) is 91.3 cm³/mol. The van der Waals surface area contributed by atoms with Gasteiger partial charge in [-0.1, -0.05) is 29.8 Å². The van der Waals surface area contributed by atoms with Gasteiger partial charge in [0.2, 0.25) is 0 Å². The highest BCUT2D eigenvalue weighted by Gasteiger charge is 2.34. The Bertz CT molecular complexity index is 875. The highest BCUT2D eigenvalue weighted by molar-refractivity contribution is 7.15. The molecule has 0 aliphatic carbocycles. The van der Waals surface area contributed by atoms with E-state index in [2.05, 4.69) is 10.3 Å². The Balaban J connectivity index is 1.76. The van der Waals surface area contributed by atoms with Crippen LogP contribution in [-0.2, 0) is 12.7 Å². The molecule has 0 atom stereocenters. The zero-order chi connectivity index (χ0) is 18.0. The van der Waals surface area contributed by atoms with Crippen LogP contribution in [0, 0.1) is 5.82 Å². The van der Waals surface area contributed by atoms with Crippen molar-refractivity contribution in [3.63, 3.8) is 0 Å². The number of aromatic nitrogens is 1. The van der Waals surface area contributed by atoms with Crippen LogP contribution in [0.2, 0.25) is 4.47 Å². The number of halogens is 5. The minimum Gasteiger partial charge on any atom is -0.380 e. The molecular formula is C17H11ClF4N2S. The molecule has 0 saturated heterocycles. The normalized spacial score (nSPS) is 11.6. The predicted octanol–water partition coefficient (Wildman–Crippen LogP) is 6.23. The third-order valence-electron chi connectivity index (χ3n) is 3.48. The summed E-state index contributed by atoms with van der Waals surface area (Å²) in [6.07, 6.45) is -3.05.